The number of aromatic nitrogens is 5. The van der Waals surface area contributed by atoms with E-state index in [1.54, 1.807) is 10.9 Å². The minimum atomic E-state index is -0.219. The summed E-state index contributed by atoms with van der Waals surface area (Å²) >= 11 is 0. The van der Waals surface area contributed by atoms with Crippen molar-refractivity contribution in [3.63, 3.8) is 0 Å². The summed E-state index contributed by atoms with van der Waals surface area (Å²) in [5.74, 6) is 1.54. The highest BCUT2D eigenvalue weighted by molar-refractivity contribution is 6.10. The van der Waals surface area contributed by atoms with Crippen molar-refractivity contribution in [2.45, 2.75) is 32.4 Å². The van der Waals surface area contributed by atoms with Gasteiger partial charge >= 0.3 is 0 Å². The summed E-state index contributed by atoms with van der Waals surface area (Å²) in [6, 6.07) is 7.81. The van der Waals surface area contributed by atoms with Crippen LogP contribution in [0.15, 0.2) is 42.9 Å². The summed E-state index contributed by atoms with van der Waals surface area (Å²) in [7, 11) is 1.97. The molecule has 0 radical (unpaired) electrons. The van der Waals surface area contributed by atoms with Crippen molar-refractivity contribution in [1.29, 1.82) is 0 Å². The fraction of sp³-hybridized carbons (Fsp3) is 0.360. The number of carbonyl (C=O) groups is 1. The third-order valence-electron chi connectivity index (χ3n) is 6.67. The van der Waals surface area contributed by atoms with E-state index in [0.717, 1.165) is 52.8 Å². The molecule has 2 fully saturated rings. The van der Waals surface area contributed by atoms with Crippen LogP contribution < -0.4 is 5.32 Å². The Morgan fingerprint density at radius 3 is 2.79 bits per heavy atom. The standard InChI is InChI=1S/C25H27N7O2/c1-15-17(10-31-12-19(33)13-31)11-32(29-15)23-7-8-26-25(28-23)27-18-5-6-22-20(9-18)21(14-30(22)2)24(34)16-3-4-16/h5-9,11,14,16,19,33H,3-4,10,12-13H2,1-2H3,(H,26,27,28). The van der Waals surface area contributed by atoms with Crippen LogP contribution in [0.1, 0.15) is 34.5 Å². The van der Waals surface area contributed by atoms with Crippen LogP contribution in [0, 0.1) is 12.8 Å². The molecule has 1 saturated carbocycles. The predicted octanol–water partition coefficient (Wildman–Crippen LogP) is 2.98. The number of aliphatic hydroxyl groups excluding tert-OH is 1. The van der Waals surface area contributed by atoms with E-state index in [0.29, 0.717) is 24.9 Å². The summed E-state index contributed by atoms with van der Waals surface area (Å²) < 4.78 is 3.77. The number of likely N-dealkylation sites (tertiary alicyclic amines) is 1. The summed E-state index contributed by atoms with van der Waals surface area (Å²) in [6.07, 6.45) is 7.38. The molecule has 9 nitrogen and oxygen atoms in total. The predicted molar refractivity (Wildman–Crippen MR) is 128 cm³/mol. The van der Waals surface area contributed by atoms with Crippen LogP contribution in [-0.2, 0) is 13.6 Å². The van der Waals surface area contributed by atoms with Crippen LogP contribution in [0.4, 0.5) is 11.6 Å². The van der Waals surface area contributed by atoms with Crippen LogP contribution in [0.5, 0.6) is 0 Å². The maximum atomic E-state index is 12.8. The lowest BCUT2D eigenvalue weighted by molar-refractivity contribution is -0.00297. The number of β-amino-alcohol motifs (C(OH)–C–C–N with tert-alkyl or cyclic N) is 1. The minimum absolute atomic E-state index is 0.177. The van der Waals surface area contributed by atoms with Crippen LogP contribution in [0.3, 0.4) is 0 Å². The maximum absolute atomic E-state index is 12.8. The Morgan fingerprint density at radius 1 is 1.21 bits per heavy atom. The molecule has 0 bridgehead atoms. The topological polar surface area (TPSA) is 101 Å². The molecule has 34 heavy (non-hydrogen) atoms. The van der Waals surface area contributed by atoms with E-state index in [2.05, 4.69) is 25.3 Å². The number of anilines is 2. The van der Waals surface area contributed by atoms with E-state index in [4.69, 9.17) is 0 Å². The van der Waals surface area contributed by atoms with Gasteiger partial charge in [0.05, 0.1) is 11.8 Å². The quantitative estimate of drug-likeness (QED) is 0.412. The monoisotopic (exact) mass is 457 g/mol. The fourth-order valence-electron chi connectivity index (χ4n) is 4.58. The van der Waals surface area contributed by atoms with E-state index in [9.17, 15) is 9.90 Å². The van der Waals surface area contributed by atoms with E-state index < -0.39 is 0 Å². The largest absolute Gasteiger partial charge is 0.390 e. The number of Topliss-reactive ketones (excluding diaryl/α,β-unsaturated/α-hetero) is 1. The molecule has 4 heterocycles. The lowest BCUT2D eigenvalue weighted by atomic mass is 10.1. The average Bonchev–Trinajstić information content (AvgIpc) is 3.52. The normalized spacial score (nSPS) is 16.7. The van der Waals surface area contributed by atoms with Crippen molar-refractivity contribution in [2.75, 3.05) is 18.4 Å². The van der Waals surface area contributed by atoms with Crippen molar-refractivity contribution in [1.82, 2.24) is 29.2 Å². The Hall–Kier alpha value is -3.56. The number of benzene rings is 1. The molecule has 1 saturated heterocycles. The molecule has 174 valence electrons. The average molecular weight is 458 g/mol. The lowest BCUT2D eigenvalue weighted by Crippen LogP contribution is -2.49. The van der Waals surface area contributed by atoms with Crippen molar-refractivity contribution in [2.24, 2.45) is 13.0 Å². The molecule has 1 aliphatic heterocycles. The fourth-order valence-corrected chi connectivity index (χ4v) is 4.58. The molecule has 0 unspecified atom stereocenters. The molecule has 1 aliphatic carbocycles. The SMILES string of the molecule is Cc1nn(-c2ccnc(Nc3ccc4c(c3)c(C(=O)C3CC3)cn4C)n2)cc1CN1CC(O)C1. The molecule has 6 rings (SSSR count). The number of nitrogens with zero attached hydrogens (tertiary/aromatic N) is 6. The molecule has 9 heteroatoms. The van der Waals surface area contributed by atoms with E-state index in [1.807, 2.05) is 55.2 Å². The van der Waals surface area contributed by atoms with Gasteiger partial charge in [0, 0.05) is 85.0 Å². The Labute approximate surface area is 197 Å². The first-order valence-electron chi connectivity index (χ1n) is 11.6. The number of hydrogen-bond acceptors (Lipinski definition) is 7. The van der Waals surface area contributed by atoms with Gasteiger partial charge in [-0.15, -0.1) is 0 Å². The number of rotatable bonds is 7. The maximum Gasteiger partial charge on any atom is 0.229 e. The van der Waals surface area contributed by atoms with Gasteiger partial charge in [0.25, 0.3) is 0 Å². The van der Waals surface area contributed by atoms with Gasteiger partial charge in [-0.1, -0.05) is 0 Å². The van der Waals surface area contributed by atoms with Gasteiger partial charge in [-0.05, 0) is 38.0 Å². The number of aryl methyl sites for hydroxylation is 2. The second-order valence-corrected chi connectivity index (χ2v) is 9.42. The second-order valence-electron chi connectivity index (χ2n) is 9.42. The van der Waals surface area contributed by atoms with Gasteiger partial charge in [-0.3, -0.25) is 9.69 Å². The first-order chi connectivity index (χ1) is 16.4. The zero-order valence-electron chi connectivity index (χ0n) is 19.3. The van der Waals surface area contributed by atoms with E-state index in [-0.39, 0.29) is 17.8 Å². The third kappa shape index (κ3) is 3.86. The van der Waals surface area contributed by atoms with Gasteiger partial charge in [-0.25, -0.2) is 9.67 Å². The molecule has 4 aromatic rings. The van der Waals surface area contributed by atoms with Crippen molar-refractivity contribution in [3.8, 4) is 5.82 Å². The molecule has 0 spiro atoms. The van der Waals surface area contributed by atoms with Crippen LogP contribution in [-0.4, -0.2) is 59.3 Å². The minimum Gasteiger partial charge on any atom is -0.390 e. The van der Waals surface area contributed by atoms with E-state index in [1.165, 1.54) is 0 Å². The molecule has 3 aromatic heterocycles. The highest BCUT2D eigenvalue weighted by atomic mass is 16.3. The number of carbonyl (C=O) groups excluding carboxylic acids is 1. The number of aliphatic hydroxyl groups is 1. The van der Waals surface area contributed by atoms with Crippen molar-refractivity contribution >= 4 is 28.3 Å². The van der Waals surface area contributed by atoms with Gasteiger partial charge in [-0.2, -0.15) is 10.1 Å². The Kier molecular flexibility index (Phi) is 4.96. The Morgan fingerprint density at radius 2 is 2.03 bits per heavy atom. The van der Waals surface area contributed by atoms with Crippen LogP contribution in [0.2, 0.25) is 0 Å². The summed E-state index contributed by atoms with van der Waals surface area (Å²) in [5, 5.41) is 18.4. The molecule has 0 amide bonds. The smallest absolute Gasteiger partial charge is 0.229 e. The highest BCUT2D eigenvalue weighted by Crippen LogP contribution is 2.36. The third-order valence-corrected chi connectivity index (χ3v) is 6.67. The highest BCUT2D eigenvalue weighted by Gasteiger charge is 2.32. The van der Waals surface area contributed by atoms with E-state index >= 15 is 0 Å². The van der Waals surface area contributed by atoms with Crippen LogP contribution in [0.25, 0.3) is 16.7 Å². The molecule has 0 atom stereocenters. The van der Waals surface area contributed by atoms with Crippen molar-refractivity contribution < 1.29 is 9.90 Å². The molecule has 2 N–H and O–H groups in total. The first kappa shape index (κ1) is 21.0. The molecule has 2 aliphatic rings. The molecule has 1 aromatic carbocycles. The molecular formula is C25H27N7O2. The zero-order chi connectivity index (χ0) is 23.4. The Bertz CT molecular complexity index is 1400. The summed E-state index contributed by atoms with van der Waals surface area (Å²) in [6.45, 7) is 4.15. The first-order valence-corrected chi connectivity index (χ1v) is 11.6. The zero-order valence-corrected chi connectivity index (χ0v) is 19.3. The van der Waals surface area contributed by atoms with Gasteiger partial charge in [0.1, 0.15) is 0 Å². The number of ketones is 1. The van der Waals surface area contributed by atoms with Crippen molar-refractivity contribution in [3.05, 3.63) is 59.7 Å². The number of nitrogens with one attached hydrogen (secondary N) is 1. The van der Waals surface area contributed by atoms with Gasteiger partial charge in [0.15, 0.2) is 11.6 Å². The summed E-state index contributed by atoms with van der Waals surface area (Å²) in [5.41, 5.74) is 4.69. The number of fused-ring (bicyclic) bond motifs is 1. The second kappa shape index (κ2) is 8.03. The molecular weight excluding hydrogens is 430 g/mol. The Balaban J connectivity index is 1.25. The lowest BCUT2D eigenvalue weighted by Gasteiger charge is -2.35. The van der Waals surface area contributed by atoms with Gasteiger partial charge < -0.3 is 15.0 Å². The summed E-state index contributed by atoms with van der Waals surface area (Å²) in [4.78, 5) is 24.0. The van der Waals surface area contributed by atoms with Crippen LogP contribution >= 0.6 is 0 Å². The number of hydrogen-bond donors (Lipinski definition) is 2. The van der Waals surface area contributed by atoms with Gasteiger partial charge in [0.2, 0.25) is 5.95 Å².